The lowest BCUT2D eigenvalue weighted by molar-refractivity contribution is -0.116. The Hall–Kier alpha value is -1.56. The van der Waals surface area contributed by atoms with E-state index in [-0.39, 0.29) is 17.9 Å². The van der Waals surface area contributed by atoms with E-state index in [0.717, 1.165) is 5.56 Å². The Labute approximate surface area is 145 Å². The van der Waals surface area contributed by atoms with E-state index < -0.39 is 5.97 Å². The van der Waals surface area contributed by atoms with Gasteiger partial charge in [0.1, 0.15) is 0 Å². The molecule has 0 saturated carbocycles. The smallest absolute Gasteiger partial charge is 0.335 e. The molecule has 4 nitrogen and oxygen atoms in total. The summed E-state index contributed by atoms with van der Waals surface area (Å²) >= 11 is 14.9. The first-order valence-electron chi connectivity index (χ1n) is 6.14. The number of anilines is 1. The van der Waals surface area contributed by atoms with Crippen molar-refractivity contribution in [2.24, 2.45) is 0 Å². The van der Waals surface area contributed by atoms with Crippen LogP contribution in [0.2, 0.25) is 10.0 Å². The van der Waals surface area contributed by atoms with Gasteiger partial charge in [-0.25, -0.2) is 8.72 Å². The third-order valence-electron chi connectivity index (χ3n) is 2.90. The molecule has 0 aliphatic carbocycles. The van der Waals surface area contributed by atoms with Crippen LogP contribution >= 0.6 is 39.3 Å². The number of carboxylic acids is 1. The first-order chi connectivity index (χ1) is 10.4. The standard InChI is InChI=1S/C15H10BrCl2NO3/c16-19(11-4-2-10(3-5-11)15(21)22)14(20)8-9-1-6-12(17)13(18)7-9/h1-7H,8H2,(H,21,22). The lowest BCUT2D eigenvalue weighted by Gasteiger charge is -2.15. The largest absolute Gasteiger partial charge is 0.478 e. The second-order valence-corrected chi connectivity index (χ2v) is 5.98. The molecule has 0 aliphatic heterocycles. The molecule has 0 radical (unpaired) electrons. The summed E-state index contributed by atoms with van der Waals surface area (Å²) in [4.78, 5) is 23.0. The van der Waals surface area contributed by atoms with Gasteiger partial charge in [-0.2, -0.15) is 0 Å². The summed E-state index contributed by atoms with van der Waals surface area (Å²) in [6.07, 6.45) is 0.128. The Morgan fingerprint density at radius 1 is 1.05 bits per heavy atom. The normalized spacial score (nSPS) is 10.3. The van der Waals surface area contributed by atoms with Gasteiger partial charge < -0.3 is 5.11 Å². The highest BCUT2D eigenvalue weighted by atomic mass is 79.9. The van der Waals surface area contributed by atoms with E-state index in [0.29, 0.717) is 15.7 Å². The van der Waals surface area contributed by atoms with Crippen molar-refractivity contribution in [2.45, 2.75) is 6.42 Å². The van der Waals surface area contributed by atoms with Crippen LogP contribution in [0, 0.1) is 0 Å². The zero-order valence-corrected chi connectivity index (χ0v) is 14.2. The van der Waals surface area contributed by atoms with Crippen molar-refractivity contribution in [2.75, 3.05) is 3.93 Å². The molecule has 1 amide bonds. The number of halogens is 3. The number of hydrogen-bond acceptors (Lipinski definition) is 2. The molecule has 2 aromatic rings. The minimum Gasteiger partial charge on any atom is -0.478 e. The molecule has 2 rings (SSSR count). The minimum atomic E-state index is -1.02. The number of rotatable bonds is 4. The van der Waals surface area contributed by atoms with Crippen molar-refractivity contribution in [1.29, 1.82) is 0 Å². The topological polar surface area (TPSA) is 57.6 Å². The summed E-state index contributed by atoms with van der Waals surface area (Å²) < 4.78 is 1.28. The van der Waals surface area contributed by atoms with Crippen LogP contribution in [-0.4, -0.2) is 17.0 Å². The highest BCUT2D eigenvalue weighted by Crippen LogP contribution is 2.24. The van der Waals surface area contributed by atoms with Crippen molar-refractivity contribution in [3.63, 3.8) is 0 Å². The van der Waals surface area contributed by atoms with E-state index in [1.165, 1.54) is 16.1 Å². The Balaban J connectivity index is 2.11. The molecule has 22 heavy (non-hydrogen) atoms. The van der Waals surface area contributed by atoms with E-state index >= 15 is 0 Å². The summed E-state index contributed by atoms with van der Waals surface area (Å²) in [6, 6.07) is 10.9. The van der Waals surface area contributed by atoms with Gasteiger partial charge in [-0.3, -0.25) is 4.79 Å². The van der Waals surface area contributed by atoms with E-state index in [1.807, 2.05) is 0 Å². The van der Waals surface area contributed by atoms with Gasteiger partial charge in [0.25, 0.3) is 0 Å². The average Bonchev–Trinajstić information content (AvgIpc) is 2.50. The quantitative estimate of drug-likeness (QED) is 0.761. The molecule has 0 aliphatic rings. The monoisotopic (exact) mass is 401 g/mol. The number of carboxylic acid groups (broad SMARTS) is 1. The first kappa shape index (κ1) is 16.8. The molecule has 0 saturated heterocycles. The molecular formula is C15H10BrCl2NO3. The first-order valence-corrected chi connectivity index (χ1v) is 7.61. The van der Waals surface area contributed by atoms with Gasteiger partial charge >= 0.3 is 5.97 Å². The molecule has 0 unspecified atom stereocenters. The number of hydrogen-bond donors (Lipinski definition) is 1. The van der Waals surface area contributed by atoms with Gasteiger partial charge in [-0.05, 0) is 42.0 Å². The van der Waals surface area contributed by atoms with E-state index in [2.05, 4.69) is 16.1 Å². The van der Waals surface area contributed by atoms with Gasteiger partial charge in [0, 0.05) is 0 Å². The van der Waals surface area contributed by atoms with Crippen LogP contribution in [0.3, 0.4) is 0 Å². The van der Waals surface area contributed by atoms with Crippen LogP contribution in [-0.2, 0) is 11.2 Å². The van der Waals surface area contributed by atoms with Crippen LogP contribution in [0.4, 0.5) is 5.69 Å². The van der Waals surface area contributed by atoms with E-state index in [9.17, 15) is 9.59 Å². The Bertz CT molecular complexity index is 719. The summed E-state index contributed by atoms with van der Waals surface area (Å²) in [5, 5.41) is 9.67. The van der Waals surface area contributed by atoms with Crippen molar-refractivity contribution in [3.05, 3.63) is 63.6 Å². The molecular weight excluding hydrogens is 393 g/mol. The van der Waals surface area contributed by atoms with Crippen molar-refractivity contribution in [1.82, 2.24) is 0 Å². The predicted octanol–water partition coefficient (Wildman–Crippen LogP) is 4.58. The number of carbonyl (C=O) groups excluding carboxylic acids is 1. The molecule has 0 spiro atoms. The van der Waals surface area contributed by atoms with Gasteiger partial charge in [0.05, 0.1) is 43.9 Å². The fraction of sp³-hybridized carbons (Fsp3) is 0.0667. The van der Waals surface area contributed by atoms with E-state index in [4.69, 9.17) is 28.3 Å². The molecule has 1 N–H and O–H groups in total. The zero-order chi connectivity index (χ0) is 16.3. The molecule has 2 aromatic carbocycles. The van der Waals surface area contributed by atoms with Gasteiger partial charge in [0.2, 0.25) is 5.91 Å². The predicted molar refractivity (Wildman–Crippen MR) is 90.0 cm³/mol. The fourth-order valence-corrected chi connectivity index (χ4v) is 2.46. The molecule has 7 heteroatoms. The third-order valence-corrected chi connectivity index (χ3v) is 4.44. The maximum atomic E-state index is 12.2. The number of amides is 1. The highest BCUT2D eigenvalue weighted by Gasteiger charge is 2.15. The fourth-order valence-electron chi connectivity index (χ4n) is 1.77. The van der Waals surface area contributed by atoms with Gasteiger partial charge in [-0.15, -0.1) is 0 Å². The number of aromatic carboxylic acids is 1. The second-order valence-electron chi connectivity index (χ2n) is 4.45. The summed E-state index contributed by atoms with van der Waals surface area (Å²) in [5.41, 5.74) is 1.42. The number of benzene rings is 2. The maximum Gasteiger partial charge on any atom is 0.335 e. The molecule has 0 fully saturated rings. The van der Waals surface area contributed by atoms with Crippen LogP contribution in [0.5, 0.6) is 0 Å². The van der Waals surface area contributed by atoms with Crippen LogP contribution in [0.25, 0.3) is 0 Å². The van der Waals surface area contributed by atoms with E-state index in [1.54, 1.807) is 30.3 Å². The zero-order valence-electron chi connectivity index (χ0n) is 11.1. The molecule has 0 atom stereocenters. The van der Waals surface area contributed by atoms with Crippen LogP contribution in [0.15, 0.2) is 42.5 Å². The molecule has 0 aromatic heterocycles. The Morgan fingerprint density at radius 3 is 2.23 bits per heavy atom. The minimum absolute atomic E-state index is 0.128. The van der Waals surface area contributed by atoms with Crippen molar-refractivity contribution in [3.8, 4) is 0 Å². The summed E-state index contributed by atoms with van der Waals surface area (Å²) in [6.45, 7) is 0. The van der Waals surface area contributed by atoms with Crippen LogP contribution in [0.1, 0.15) is 15.9 Å². The summed E-state index contributed by atoms with van der Waals surface area (Å²) in [5.74, 6) is -1.24. The van der Waals surface area contributed by atoms with Gasteiger partial charge in [-0.1, -0.05) is 29.3 Å². The SMILES string of the molecule is O=C(O)c1ccc(N(Br)C(=O)Cc2ccc(Cl)c(Cl)c2)cc1. The lowest BCUT2D eigenvalue weighted by Crippen LogP contribution is -2.22. The second kappa shape index (κ2) is 7.13. The molecule has 0 heterocycles. The van der Waals surface area contributed by atoms with Crippen molar-refractivity contribution >= 4 is 56.9 Å². The maximum absolute atomic E-state index is 12.2. The number of nitrogens with zero attached hydrogens (tertiary/aromatic N) is 1. The average molecular weight is 403 g/mol. The lowest BCUT2D eigenvalue weighted by atomic mass is 10.1. The summed E-state index contributed by atoms with van der Waals surface area (Å²) in [7, 11) is 0. The van der Waals surface area contributed by atoms with Crippen molar-refractivity contribution < 1.29 is 14.7 Å². The molecule has 114 valence electrons. The Morgan fingerprint density at radius 2 is 1.68 bits per heavy atom. The highest BCUT2D eigenvalue weighted by molar-refractivity contribution is 9.10. The van der Waals surface area contributed by atoms with Crippen LogP contribution < -0.4 is 3.93 Å². The van der Waals surface area contributed by atoms with Gasteiger partial charge in [0.15, 0.2) is 0 Å². The third kappa shape index (κ3) is 4.00. The molecule has 0 bridgehead atoms. The Kier molecular flexibility index (Phi) is 5.45. The number of carbonyl (C=O) groups is 2.